The topological polar surface area (TPSA) is 41.0 Å². The highest BCUT2D eigenvalue weighted by molar-refractivity contribution is 7.99. The first-order chi connectivity index (χ1) is 9.35. The number of benzene rings is 2. The maximum absolute atomic E-state index is 4.57. The molecule has 0 radical (unpaired) electrons. The number of para-hydroxylation sites is 2. The molecule has 0 amide bonds. The summed E-state index contributed by atoms with van der Waals surface area (Å²) in [5.74, 6) is 0. The lowest BCUT2D eigenvalue weighted by Crippen LogP contribution is -1.75. The molecule has 3 rings (SSSR count). The third-order valence-electron chi connectivity index (χ3n) is 2.59. The molecule has 0 bridgehead atoms. The van der Waals surface area contributed by atoms with Gasteiger partial charge in [-0.25, -0.2) is 4.98 Å². The average Bonchev–Trinajstić information content (AvgIpc) is 2.83. The largest absolute Gasteiger partial charge is 0.333 e. The highest BCUT2D eigenvalue weighted by Crippen LogP contribution is 2.28. The van der Waals surface area contributed by atoms with E-state index in [1.165, 1.54) is 0 Å². The molecule has 0 aliphatic heterocycles. The van der Waals surface area contributed by atoms with Crippen LogP contribution in [-0.2, 0) is 0 Å². The second-order valence-corrected chi connectivity index (χ2v) is 5.10. The maximum Gasteiger partial charge on any atom is 0.171 e. The van der Waals surface area contributed by atoms with Crippen molar-refractivity contribution in [2.75, 3.05) is 0 Å². The van der Waals surface area contributed by atoms with Crippen molar-refractivity contribution in [3.63, 3.8) is 0 Å². The van der Waals surface area contributed by atoms with Crippen molar-refractivity contribution in [1.29, 1.82) is 0 Å². The van der Waals surface area contributed by atoms with Crippen molar-refractivity contribution >= 4 is 45.9 Å². The Morgan fingerprint density at radius 2 is 1.89 bits per heavy atom. The fourth-order valence-corrected chi connectivity index (χ4v) is 2.64. The van der Waals surface area contributed by atoms with Crippen molar-refractivity contribution in [1.82, 2.24) is 9.97 Å². The SMILES string of the molecule is S=C=Nc1ccc(Sc2nc3ccccc3[nH]2)cc1. The highest BCUT2D eigenvalue weighted by Gasteiger charge is 2.03. The fraction of sp³-hybridized carbons (Fsp3) is 0. The summed E-state index contributed by atoms with van der Waals surface area (Å²) >= 11 is 6.16. The second kappa shape index (κ2) is 5.36. The van der Waals surface area contributed by atoms with Crippen LogP contribution in [0.15, 0.2) is 63.6 Å². The first-order valence-electron chi connectivity index (χ1n) is 5.66. The van der Waals surface area contributed by atoms with Gasteiger partial charge >= 0.3 is 0 Å². The molecule has 0 atom stereocenters. The van der Waals surface area contributed by atoms with E-state index in [2.05, 4.69) is 32.3 Å². The van der Waals surface area contributed by atoms with Crippen LogP contribution in [0.1, 0.15) is 0 Å². The van der Waals surface area contributed by atoms with Gasteiger partial charge in [-0.1, -0.05) is 23.9 Å². The quantitative estimate of drug-likeness (QED) is 0.570. The molecule has 0 saturated carbocycles. The summed E-state index contributed by atoms with van der Waals surface area (Å²) in [6.07, 6.45) is 0. The number of aliphatic imine (C=N–C) groups is 1. The summed E-state index contributed by atoms with van der Waals surface area (Å²) in [6.45, 7) is 0. The normalized spacial score (nSPS) is 10.3. The van der Waals surface area contributed by atoms with Gasteiger partial charge in [0.25, 0.3) is 0 Å². The van der Waals surface area contributed by atoms with Gasteiger partial charge in [0.15, 0.2) is 5.16 Å². The smallest absolute Gasteiger partial charge is 0.171 e. The van der Waals surface area contributed by atoms with E-state index in [0.29, 0.717) is 0 Å². The third-order valence-corrected chi connectivity index (χ3v) is 3.58. The number of rotatable bonds is 3. The van der Waals surface area contributed by atoms with E-state index >= 15 is 0 Å². The van der Waals surface area contributed by atoms with Gasteiger partial charge in [0.05, 0.1) is 21.9 Å². The number of aromatic nitrogens is 2. The highest BCUT2D eigenvalue weighted by atomic mass is 32.2. The number of isothiocyanates is 1. The predicted molar refractivity (Wildman–Crippen MR) is 81.3 cm³/mol. The Kier molecular flexibility index (Phi) is 3.42. The van der Waals surface area contributed by atoms with Crippen LogP contribution in [-0.4, -0.2) is 15.1 Å². The van der Waals surface area contributed by atoms with E-state index < -0.39 is 0 Å². The van der Waals surface area contributed by atoms with Crippen molar-refractivity contribution in [3.05, 3.63) is 48.5 Å². The van der Waals surface area contributed by atoms with Crippen LogP contribution in [0.5, 0.6) is 0 Å². The molecule has 0 aliphatic rings. The van der Waals surface area contributed by atoms with Crippen LogP contribution >= 0.6 is 24.0 Å². The zero-order valence-electron chi connectivity index (χ0n) is 9.83. The molecule has 0 unspecified atom stereocenters. The third kappa shape index (κ3) is 2.74. The molecule has 3 nitrogen and oxygen atoms in total. The summed E-state index contributed by atoms with van der Waals surface area (Å²) in [4.78, 5) is 12.8. The lowest BCUT2D eigenvalue weighted by Gasteiger charge is -1.97. The van der Waals surface area contributed by atoms with Gasteiger partial charge in [-0.05, 0) is 48.6 Å². The monoisotopic (exact) mass is 283 g/mol. The number of hydrogen-bond donors (Lipinski definition) is 1. The molecule has 1 N–H and O–H groups in total. The fourth-order valence-electron chi connectivity index (χ4n) is 1.73. The van der Waals surface area contributed by atoms with Crippen molar-refractivity contribution < 1.29 is 0 Å². The summed E-state index contributed by atoms with van der Waals surface area (Å²) < 4.78 is 0. The summed E-state index contributed by atoms with van der Waals surface area (Å²) in [5, 5.41) is 3.24. The lowest BCUT2D eigenvalue weighted by atomic mass is 10.3. The van der Waals surface area contributed by atoms with E-state index in [1.54, 1.807) is 11.8 Å². The van der Waals surface area contributed by atoms with Gasteiger partial charge in [-0.2, -0.15) is 4.99 Å². The van der Waals surface area contributed by atoms with E-state index in [4.69, 9.17) is 0 Å². The molecular weight excluding hydrogens is 274 g/mol. The minimum Gasteiger partial charge on any atom is -0.333 e. The number of aromatic amines is 1. The molecule has 0 fully saturated rings. The molecule has 19 heavy (non-hydrogen) atoms. The van der Waals surface area contributed by atoms with Gasteiger partial charge in [-0.15, -0.1) is 0 Å². The van der Waals surface area contributed by atoms with Crippen molar-refractivity contribution in [3.8, 4) is 0 Å². The zero-order valence-corrected chi connectivity index (χ0v) is 11.5. The zero-order chi connectivity index (χ0) is 13.1. The number of fused-ring (bicyclic) bond motifs is 1. The van der Waals surface area contributed by atoms with Crippen LogP contribution < -0.4 is 0 Å². The Morgan fingerprint density at radius 3 is 2.63 bits per heavy atom. The standard InChI is InChI=1S/C14H9N3S2/c18-9-15-10-5-7-11(8-6-10)19-14-16-12-3-1-2-4-13(12)17-14/h1-8H,(H,16,17). The van der Waals surface area contributed by atoms with E-state index in [-0.39, 0.29) is 0 Å². The maximum atomic E-state index is 4.57. The van der Waals surface area contributed by atoms with Crippen molar-refractivity contribution in [2.45, 2.75) is 10.1 Å². The Labute approximate surface area is 119 Å². The molecule has 0 aliphatic carbocycles. The van der Waals surface area contributed by atoms with Gasteiger partial charge in [0, 0.05) is 4.90 Å². The van der Waals surface area contributed by atoms with Crippen LogP contribution in [0, 0.1) is 0 Å². The number of nitrogens with zero attached hydrogens (tertiary/aromatic N) is 2. The molecule has 1 heterocycles. The van der Waals surface area contributed by atoms with E-state index in [9.17, 15) is 0 Å². The molecule has 3 aromatic rings. The van der Waals surface area contributed by atoms with Crippen LogP contribution in [0.3, 0.4) is 0 Å². The minimum absolute atomic E-state index is 0.809. The predicted octanol–water partition coefficient (Wildman–Crippen LogP) is 4.45. The molecule has 2 aromatic carbocycles. The second-order valence-electron chi connectivity index (χ2n) is 3.86. The minimum atomic E-state index is 0.809. The first kappa shape index (κ1) is 12.1. The van der Waals surface area contributed by atoms with Gasteiger partial charge in [0.1, 0.15) is 0 Å². The summed E-state index contributed by atoms with van der Waals surface area (Å²) in [7, 11) is 0. The average molecular weight is 283 g/mol. The van der Waals surface area contributed by atoms with Gasteiger partial charge in [0.2, 0.25) is 0 Å². The van der Waals surface area contributed by atoms with Crippen molar-refractivity contribution in [2.24, 2.45) is 4.99 Å². The van der Waals surface area contributed by atoms with Gasteiger partial charge < -0.3 is 4.98 Å². The van der Waals surface area contributed by atoms with Crippen LogP contribution in [0.2, 0.25) is 0 Å². The van der Waals surface area contributed by atoms with Crippen LogP contribution in [0.4, 0.5) is 5.69 Å². The van der Waals surface area contributed by atoms with Crippen LogP contribution in [0.25, 0.3) is 11.0 Å². The number of imidazole rings is 1. The Balaban J connectivity index is 1.85. The van der Waals surface area contributed by atoms with E-state index in [1.807, 2.05) is 48.5 Å². The molecule has 0 spiro atoms. The molecule has 5 heteroatoms. The summed E-state index contributed by atoms with van der Waals surface area (Å²) in [6, 6.07) is 15.8. The van der Waals surface area contributed by atoms with Gasteiger partial charge in [-0.3, -0.25) is 0 Å². The lowest BCUT2D eigenvalue weighted by molar-refractivity contribution is 1.08. The summed E-state index contributed by atoms with van der Waals surface area (Å²) in [5.41, 5.74) is 2.84. The Bertz CT molecular complexity index is 723. The Morgan fingerprint density at radius 1 is 1.11 bits per heavy atom. The molecular formula is C14H9N3S2. The van der Waals surface area contributed by atoms with E-state index in [0.717, 1.165) is 26.8 Å². The number of H-pyrrole nitrogens is 1. The number of thiocarbonyl (C=S) groups is 1. The molecule has 92 valence electrons. The number of nitrogens with one attached hydrogen (secondary N) is 1. The molecule has 0 saturated heterocycles. The number of hydrogen-bond acceptors (Lipinski definition) is 4. The Hall–Kier alpha value is -1.94. The molecule has 1 aromatic heterocycles. The first-order valence-corrected chi connectivity index (χ1v) is 6.88.